The van der Waals surface area contributed by atoms with E-state index in [1.54, 1.807) is 27.4 Å². The molecule has 1 saturated carbocycles. The Morgan fingerprint density at radius 1 is 1.32 bits per heavy atom. The lowest BCUT2D eigenvalue weighted by Gasteiger charge is -2.37. The first kappa shape index (κ1) is 14.6. The number of ether oxygens (including phenoxy) is 4. The number of methoxy groups -OCH3 is 3. The van der Waals surface area contributed by atoms with Crippen LogP contribution < -0.4 is 0 Å². The highest BCUT2D eigenvalue weighted by Crippen LogP contribution is 2.56. The van der Waals surface area contributed by atoms with Crippen molar-refractivity contribution >= 4 is 5.97 Å². The van der Waals surface area contributed by atoms with Gasteiger partial charge in [0, 0.05) is 46.3 Å². The third-order valence-electron chi connectivity index (χ3n) is 5.96. The van der Waals surface area contributed by atoms with Crippen LogP contribution in [0.1, 0.15) is 25.7 Å². The molecule has 1 spiro atoms. The Morgan fingerprint density at radius 2 is 2.09 bits per heavy atom. The second-order valence-electron chi connectivity index (χ2n) is 6.68. The summed E-state index contributed by atoms with van der Waals surface area (Å²) in [7, 11) is 5.10. The van der Waals surface area contributed by atoms with Crippen LogP contribution in [0.5, 0.6) is 0 Å². The van der Waals surface area contributed by atoms with Crippen molar-refractivity contribution in [3.8, 4) is 0 Å². The molecule has 0 aromatic rings. The molecule has 1 aliphatic carbocycles. The normalized spacial score (nSPS) is 43.3. The van der Waals surface area contributed by atoms with Crippen LogP contribution in [0, 0.1) is 0 Å². The summed E-state index contributed by atoms with van der Waals surface area (Å²) in [4.78, 5) is 14.3. The van der Waals surface area contributed by atoms with E-state index in [0.29, 0.717) is 0 Å². The summed E-state index contributed by atoms with van der Waals surface area (Å²) in [5.41, 5.74) is 0.678. The number of carbonyl (C=O) groups is 1. The summed E-state index contributed by atoms with van der Waals surface area (Å²) in [6.45, 7) is 0. The first-order chi connectivity index (χ1) is 10.6. The molecule has 122 valence electrons. The van der Waals surface area contributed by atoms with E-state index < -0.39 is 5.60 Å². The van der Waals surface area contributed by atoms with Gasteiger partial charge in [0.05, 0.1) is 18.2 Å². The Hall–Kier alpha value is -0.950. The molecular weight excluding hydrogens is 286 g/mol. The van der Waals surface area contributed by atoms with Gasteiger partial charge < -0.3 is 18.9 Å². The minimum Gasteiger partial charge on any atom is -0.450 e. The number of rotatable bonds is 4. The summed E-state index contributed by atoms with van der Waals surface area (Å²) >= 11 is 0. The van der Waals surface area contributed by atoms with Crippen molar-refractivity contribution in [3.63, 3.8) is 0 Å². The Balaban J connectivity index is 1.72. The van der Waals surface area contributed by atoms with Gasteiger partial charge in [-0.3, -0.25) is 4.90 Å². The third kappa shape index (κ3) is 1.72. The second kappa shape index (κ2) is 5.03. The standard InChI is InChI=1S/C16H23NO5/c1-19-12-6-9-7-14(18)22-16(9)8-11(12)17-10(4-5-13(16)17)15(20-2)21-3/h7,10-13,15H,4-6,8H2,1-3H3/t10-,11+,12+,13-,16+/m1/s1. The van der Waals surface area contributed by atoms with Gasteiger partial charge >= 0.3 is 5.97 Å². The van der Waals surface area contributed by atoms with Crippen LogP contribution in [-0.2, 0) is 23.7 Å². The largest absolute Gasteiger partial charge is 0.450 e. The van der Waals surface area contributed by atoms with E-state index in [0.717, 1.165) is 31.3 Å². The van der Waals surface area contributed by atoms with Crippen LogP contribution in [0.25, 0.3) is 0 Å². The summed E-state index contributed by atoms with van der Waals surface area (Å²) in [6, 6.07) is 0.646. The van der Waals surface area contributed by atoms with E-state index in [1.807, 2.05) is 0 Å². The fraction of sp³-hybridized carbons (Fsp3) is 0.812. The number of fused-ring (bicyclic) bond motifs is 3. The highest BCUT2D eigenvalue weighted by atomic mass is 16.7. The van der Waals surface area contributed by atoms with Crippen molar-refractivity contribution in [2.24, 2.45) is 0 Å². The molecule has 6 heteroatoms. The molecule has 2 bridgehead atoms. The molecule has 22 heavy (non-hydrogen) atoms. The van der Waals surface area contributed by atoms with Crippen LogP contribution >= 0.6 is 0 Å². The zero-order chi connectivity index (χ0) is 15.5. The molecule has 3 aliphatic heterocycles. The molecule has 0 amide bonds. The first-order valence-electron chi connectivity index (χ1n) is 7.94. The molecule has 4 rings (SSSR count). The predicted molar refractivity (Wildman–Crippen MR) is 77.2 cm³/mol. The number of hydrogen-bond donors (Lipinski definition) is 0. The molecule has 5 atom stereocenters. The topological polar surface area (TPSA) is 57.2 Å². The van der Waals surface area contributed by atoms with E-state index in [-0.39, 0.29) is 36.5 Å². The fourth-order valence-electron chi connectivity index (χ4n) is 5.19. The van der Waals surface area contributed by atoms with Gasteiger partial charge in [-0.2, -0.15) is 0 Å². The van der Waals surface area contributed by atoms with Gasteiger partial charge in [0.15, 0.2) is 11.9 Å². The molecule has 0 N–H and O–H groups in total. The Labute approximate surface area is 130 Å². The number of esters is 1. The molecule has 0 aromatic heterocycles. The van der Waals surface area contributed by atoms with E-state index in [2.05, 4.69) is 4.90 Å². The summed E-state index contributed by atoms with van der Waals surface area (Å²) in [5, 5.41) is 0. The van der Waals surface area contributed by atoms with Gasteiger partial charge in [0.2, 0.25) is 0 Å². The molecular formula is C16H23NO5. The van der Waals surface area contributed by atoms with Gasteiger partial charge in [-0.25, -0.2) is 4.79 Å². The van der Waals surface area contributed by atoms with Gasteiger partial charge in [0.25, 0.3) is 0 Å². The van der Waals surface area contributed by atoms with Gasteiger partial charge in [-0.15, -0.1) is 0 Å². The summed E-state index contributed by atoms with van der Waals surface area (Å²) in [6.07, 6.45) is 5.09. The maximum atomic E-state index is 11.9. The minimum absolute atomic E-state index is 0.0915. The predicted octanol–water partition coefficient (Wildman–Crippen LogP) is 0.851. The lowest BCUT2D eigenvalue weighted by Crippen LogP contribution is -2.50. The van der Waals surface area contributed by atoms with E-state index in [9.17, 15) is 4.79 Å². The van der Waals surface area contributed by atoms with Gasteiger partial charge in [-0.1, -0.05) is 0 Å². The van der Waals surface area contributed by atoms with Crippen molar-refractivity contribution in [3.05, 3.63) is 11.6 Å². The van der Waals surface area contributed by atoms with Crippen molar-refractivity contribution in [1.82, 2.24) is 4.90 Å². The Morgan fingerprint density at radius 3 is 2.77 bits per heavy atom. The highest BCUT2D eigenvalue weighted by molar-refractivity contribution is 5.87. The maximum Gasteiger partial charge on any atom is 0.331 e. The Kier molecular flexibility index (Phi) is 3.34. The molecule has 3 fully saturated rings. The Bertz CT molecular complexity index is 517. The average molecular weight is 309 g/mol. The van der Waals surface area contributed by atoms with E-state index >= 15 is 0 Å². The van der Waals surface area contributed by atoms with Gasteiger partial charge in [-0.05, 0) is 18.4 Å². The highest BCUT2D eigenvalue weighted by Gasteiger charge is 2.67. The van der Waals surface area contributed by atoms with Crippen molar-refractivity contribution < 1.29 is 23.7 Å². The maximum absolute atomic E-state index is 11.9. The third-order valence-corrected chi connectivity index (χ3v) is 5.96. The lowest BCUT2D eigenvalue weighted by molar-refractivity contribution is -0.152. The lowest BCUT2D eigenvalue weighted by atomic mass is 9.76. The van der Waals surface area contributed by atoms with Crippen LogP contribution in [0.15, 0.2) is 11.6 Å². The summed E-state index contributed by atoms with van der Waals surface area (Å²) in [5.74, 6) is -0.203. The quantitative estimate of drug-likeness (QED) is 0.567. The smallest absolute Gasteiger partial charge is 0.331 e. The zero-order valence-electron chi connectivity index (χ0n) is 13.3. The molecule has 3 heterocycles. The van der Waals surface area contributed by atoms with Crippen molar-refractivity contribution in [2.75, 3.05) is 21.3 Å². The van der Waals surface area contributed by atoms with Crippen molar-refractivity contribution in [2.45, 2.75) is 61.8 Å². The van der Waals surface area contributed by atoms with E-state index in [1.165, 1.54) is 0 Å². The van der Waals surface area contributed by atoms with E-state index in [4.69, 9.17) is 18.9 Å². The van der Waals surface area contributed by atoms with Gasteiger partial charge in [0.1, 0.15) is 0 Å². The number of carbonyl (C=O) groups excluding carboxylic acids is 1. The molecule has 2 saturated heterocycles. The zero-order valence-corrected chi connectivity index (χ0v) is 13.3. The second-order valence-corrected chi connectivity index (χ2v) is 6.68. The molecule has 4 aliphatic rings. The van der Waals surface area contributed by atoms with Crippen LogP contribution in [-0.4, -0.2) is 68.3 Å². The summed E-state index contributed by atoms with van der Waals surface area (Å²) < 4.78 is 22.6. The van der Waals surface area contributed by atoms with Crippen LogP contribution in [0.4, 0.5) is 0 Å². The van der Waals surface area contributed by atoms with Crippen LogP contribution in [0.2, 0.25) is 0 Å². The monoisotopic (exact) mass is 309 g/mol. The SMILES string of the molecule is COC(OC)[C@H]1CC[C@H]2N1[C@H]1C[C@@]23OC(=O)C=C3C[C@@H]1OC. The van der Waals surface area contributed by atoms with Crippen molar-refractivity contribution in [1.29, 1.82) is 0 Å². The number of nitrogens with zero attached hydrogens (tertiary/aromatic N) is 1. The average Bonchev–Trinajstić information content (AvgIpc) is 3.14. The minimum atomic E-state index is -0.433. The molecule has 0 aromatic carbocycles. The molecule has 0 unspecified atom stereocenters. The molecule has 0 radical (unpaired) electrons. The molecule has 6 nitrogen and oxygen atoms in total. The fourth-order valence-corrected chi connectivity index (χ4v) is 5.19. The van der Waals surface area contributed by atoms with Crippen LogP contribution in [0.3, 0.4) is 0 Å². The first-order valence-corrected chi connectivity index (χ1v) is 7.94. The number of hydrogen-bond acceptors (Lipinski definition) is 6.